The zero-order valence-electron chi connectivity index (χ0n) is 10.8. The first-order valence-corrected chi connectivity index (χ1v) is 7.84. The summed E-state index contributed by atoms with van der Waals surface area (Å²) >= 11 is 4.57. The maximum absolute atomic E-state index is 12.0. The van der Waals surface area contributed by atoms with Crippen molar-refractivity contribution in [3.63, 3.8) is 0 Å². The van der Waals surface area contributed by atoms with Gasteiger partial charge >= 0.3 is 0 Å². The topological polar surface area (TPSA) is 67.4 Å². The van der Waals surface area contributed by atoms with E-state index in [1.807, 2.05) is 24.3 Å². The molecule has 1 aliphatic rings. The zero-order chi connectivity index (χ0) is 14.8. The van der Waals surface area contributed by atoms with Crippen molar-refractivity contribution in [2.45, 2.75) is 12.5 Å². The Balaban J connectivity index is 1.55. The quantitative estimate of drug-likeness (QED) is 0.801. The Morgan fingerprint density at radius 3 is 2.71 bits per heavy atom. The van der Waals surface area contributed by atoms with Gasteiger partial charge in [0.1, 0.15) is 5.75 Å². The van der Waals surface area contributed by atoms with Crippen molar-refractivity contribution in [1.29, 1.82) is 0 Å². The molecule has 1 aromatic carbocycles. The van der Waals surface area contributed by atoms with Gasteiger partial charge in [-0.15, -0.1) is 11.3 Å². The number of rotatable bonds is 2. The predicted octanol–water partition coefficient (Wildman–Crippen LogP) is 2.28. The average molecular weight is 367 g/mol. The van der Waals surface area contributed by atoms with Crippen molar-refractivity contribution >= 4 is 39.1 Å². The van der Waals surface area contributed by atoms with Crippen LogP contribution in [0.5, 0.6) is 5.75 Å². The summed E-state index contributed by atoms with van der Waals surface area (Å²) in [4.78, 5) is 24.3. The minimum absolute atomic E-state index is 0.352. The molecule has 21 heavy (non-hydrogen) atoms. The molecule has 0 fully saturated rings. The Bertz CT molecular complexity index is 676. The van der Waals surface area contributed by atoms with Gasteiger partial charge in [0.05, 0.1) is 8.66 Å². The van der Waals surface area contributed by atoms with Crippen LogP contribution in [0.25, 0.3) is 0 Å². The van der Waals surface area contributed by atoms with Gasteiger partial charge in [-0.05, 0) is 39.7 Å². The van der Waals surface area contributed by atoms with E-state index in [-0.39, 0.29) is 11.8 Å². The number of thiophene rings is 1. The minimum Gasteiger partial charge on any atom is -0.480 e. The fourth-order valence-corrected chi connectivity index (χ4v) is 3.31. The Labute approximate surface area is 133 Å². The van der Waals surface area contributed by atoms with E-state index in [1.165, 1.54) is 11.3 Å². The first-order valence-electron chi connectivity index (χ1n) is 6.23. The summed E-state index contributed by atoms with van der Waals surface area (Å²) in [6.07, 6.45) is -0.111. The molecule has 1 aliphatic heterocycles. The third kappa shape index (κ3) is 3.08. The van der Waals surface area contributed by atoms with Crippen LogP contribution in [0.1, 0.15) is 15.2 Å². The van der Waals surface area contributed by atoms with E-state index >= 15 is 0 Å². The van der Waals surface area contributed by atoms with Crippen LogP contribution in [-0.4, -0.2) is 17.9 Å². The largest absolute Gasteiger partial charge is 0.480 e. The molecule has 2 heterocycles. The van der Waals surface area contributed by atoms with Crippen molar-refractivity contribution in [2.75, 3.05) is 0 Å². The lowest BCUT2D eigenvalue weighted by molar-refractivity contribution is -0.128. The third-order valence-electron chi connectivity index (χ3n) is 3.04. The van der Waals surface area contributed by atoms with E-state index in [2.05, 4.69) is 26.8 Å². The van der Waals surface area contributed by atoms with E-state index in [9.17, 15) is 9.59 Å². The third-order valence-corrected chi connectivity index (χ3v) is 4.66. The maximum atomic E-state index is 12.0. The smallest absolute Gasteiger partial charge is 0.279 e. The lowest BCUT2D eigenvalue weighted by Crippen LogP contribution is -2.47. The normalized spacial score (nSPS) is 16.0. The van der Waals surface area contributed by atoms with Crippen molar-refractivity contribution in [3.8, 4) is 5.75 Å². The molecule has 2 amide bonds. The zero-order valence-corrected chi connectivity index (χ0v) is 13.2. The van der Waals surface area contributed by atoms with Crippen LogP contribution in [0.15, 0.2) is 40.2 Å². The molecule has 0 aliphatic carbocycles. The van der Waals surface area contributed by atoms with Crippen LogP contribution in [0.3, 0.4) is 0 Å². The molecular formula is C14H11BrN2O3S. The highest BCUT2D eigenvalue weighted by atomic mass is 79.9. The van der Waals surface area contributed by atoms with Crippen LogP contribution in [0, 0.1) is 0 Å². The summed E-state index contributed by atoms with van der Waals surface area (Å²) in [5.74, 6) is -0.00380. The number of halogens is 1. The number of benzene rings is 1. The Hall–Kier alpha value is -1.86. The molecule has 108 valence electrons. The summed E-state index contributed by atoms with van der Waals surface area (Å²) in [6, 6.07) is 11.0. The average Bonchev–Trinajstić information content (AvgIpc) is 3.10. The Morgan fingerprint density at radius 2 is 2.00 bits per heavy atom. The first kappa shape index (κ1) is 14.1. The van der Waals surface area contributed by atoms with Gasteiger partial charge in [-0.3, -0.25) is 20.4 Å². The maximum Gasteiger partial charge on any atom is 0.279 e. The van der Waals surface area contributed by atoms with Crippen molar-refractivity contribution in [3.05, 3.63) is 50.6 Å². The number of nitrogens with one attached hydrogen (secondary N) is 2. The number of fused-ring (bicyclic) bond motifs is 1. The van der Waals surface area contributed by atoms with E-state index in [1.54, 1.807) is 12.1 Å². The standard InChI is InChI=1S/C14H11BrN2O3S/c15-12-6-5-11(21-12)14(19)17-16-13(18)10-7-8-3-1-2-4-9(8)20-10/h1-6,10H,7H2,(H,16,18)(H,17,19)/t10-/m1/s1. The lowest BCUT2D eigenvalue weighted by Gasteiger charge is -2.11. The summed E-state index contributed by atoms with van der Waals surface area (Å²) in [5, 5.41) is 0. The van der Waals surface area contributed by atoms with Gasteiger partial charge in [-0.25, -0.2) is 0 Å². The van der Waals surface area contributed by atoms with Crippen molar-refractivity contribution < 1.29 is 14.3 Å². The highest BCUT2D eigenvalue weighted by Gasteiger charge is 2.29. The van der Waals surface area contributed by atoms with Crippen LogP contribution >= 0.6 is 27.3 Å². The fraction of sp³-hybridized carbons (Fsp3) is 0.143. The number of amides is 2. The minimum atomic E-state index is -0.613. The summed E-state index contributed by atoms with van der Waals surface area (Å²) in [7, 11) is 0. The molecule has 1 atom stereocenters. The van der Waals surface area contributed by atoms with Gasteiger partial charge in [0.25, 0.3) is 11.8 Å². The molecule has 0 unspecified atom stereocenters. The van der Waals surface area contributed by atoms with Gasteiger partial charge < -0.3 is 4.74 Å². The van der Waals surface area contributed by atoms with Crippen LogP contribution < -0.4 is 15.6 Å². The van der Waals surface area contributed by atoms with Crippen LogP contribution in [-0.2, 0) is 11.2 Å². The van der Waals surface area contributed by atoms with Crippen LogP contribution in [0.4, 0.5) is 0 Å². The fourth-order valence-electron chi connectivity index (χ4n) is 2.03. The predicted molar refractivity (Wildman–Crippen MR) is 82.2 cm³/mol. The number of hydrogen-bond donors (Lipinski definition) is 2. The second kappa shape index (κ2) is 5.87. The van der Waals surface area contributed by atoms with Gasteiger partial charge in [-0.2, -0.15) is 0 Å². The van der Waals surface area contributed by atoms with E-state index in [0.717, 1.165) is 9.35 Å². The van der Waals surface area contributed by atoms with E-state index in [4.69, 9.17) is 4.74 Å². The summed E-state index contributed by atoms with van der Waals surface area (Å²) in [5.41, 5.74) is 5.77. The van der Waals surface area contributed by atoms with Crippen molar-refractivity contribution in [1.82, 2.24) is 10.9 Å². The van der Waals surface area contributed by atoms with Gasteiger partial charge in [0.2, 0.25) is 0 Å². The van der Waals surface area contributed by atoms with Crippen molar-refractivity contribution in [2.24, 2.45) is 0 Å². The molecule has 7 heteroatoms. The molecule has 1 aromatic heterocycles. The van der Waals surface area contributed by atoms with Gasteiger partial charge in [-0.1, -0.05) is 18.2 Å². The summed E-state index contributed by atoms with van der Waals surface area (Å²) in [6.45, 7) is 0. The molecule has 0 spiro atoms. The van der Waals surface area contributed by atoms with E-state index < -0.39 is 6.10 Å². The SMILES string of the molecule is O=C(NNC(=O)[C@H]1Cc2ccccc2O1)c1ccc(Br)s1. The van der Waals surface area contributed by atoms with Gasteiger partial charge in [0, 0.05) is 6.42 Å². The lowest BCUT2D eigenvalue weighted by atomic mass is 10.1. The molecule has 5 nitrogen and oxygen atoms in total. The number of hydrazine groups is 1. The second-order valence-electron chi connectivity index (χ2n) is 4.47. The molecule has 0 bridgehead atoms. The molecule has 0 saturated heterocycles. The van der Waals surface area contributed by atoms with E-state index in [0.29, 0.717) is 17.0 Å². The number of ether oxygens (including phenoxy) is 1. The molecule has 2 aromatic rings. The molecular weight excluding hydrogens is 356 g/mol. The number of carbonyl (C=O) groups is 2. The molecule has 3 rings (SSSR count). The Morgan fingerprint density at radius 1 is 1.19 bits per heavy atom. The molecule has 0 radical (unpaired) electrons. The van der Waals surface area contributed by atoms with Crippen LogP contribution in [0.2, 0.25) is 0 Å². The second-order valence-corrected chi connectivity index (χ2v) is 6.93. The first-order chi connectivity index (χ1) is 10.1. The highest BCUT2D eigenvalue weighted by molar-refractivity contribution is 9.11. The number of para-hydroxylation sites is 1. The summed E-state index contributed by atoms with van der Waals surface area (Å²) < 4.78 is 6.40. The number of carbonyl (C=O) groups excluding carboxylic acids is 2. The molecule has 2 N–H and O–H groups in total. The Kier molecular flexibility index (Phi) is 3.94. The monoisotopic (exact) mass is 366 g/mol. The molecule has 0 saturated carbocycles. The highest BCUT2D eigenvalue weighted by Crippen LogP contribution is 2.28. The van der Waals surface area contributed by atoms with Gasteiger partial charge in [0.15, 0.2) is 6.10 Å². The number of hydrogen-bond acceptors (Lipinski definition) is 4.